The van der Waals surface area contributed by atoms with E-state index in [4.69, 9.17) is 4.74 Å². The highest BCUT2D eigenvalue weighted by Crippen LogP contribution is 2.60. The fraction of sp³-hybridized carbons (Fsp3) is 0.667. The van der Waals surface area contributed by atoms with Gasteiger partial charge in [-0.3, -0.25) is 5.32 Å². The van der Waals surface area contributed by atoms with Crippen molar-refractivity contribution in [2.45, 2.75) is 44.2 Å². The van der Waals surface area contributed by atoms with E-state index in [1.165, 1.54) is 25.7 Å². The van der Waals surface area contributed by atoms with Gasteiger partial charge in [-0.15, -0.1) is 5.10 Å². The first-order chi connectivity index (χ1) is 10.3. The van der Waals surface area contributed by atoms with Gasteiger partial charge in [-0.1, -0.05) is 12.8 Å². The monoisotopic (exact) mass is 288 g/mol. The number of ether oxygens (including phenoxy) is 1. The fourth-order valence-corrected chi connectivity index (χ4v) is 4.57. The number of carbonyl (C=O) groups is 1. The summed E-state index contributed by atoms with van der Waals surface area (Å²) in [5.41, 5.74) is 0.181. The lowest BCUT2D eigenvalue weighted by atomic mass is 9.54. The maximum absolute atomic E-state index is 12.2. The van der Waals surface area contributed by atoms with Crippen LogP contribution in [0.5, 0.6) is 0 Å². The minimum atomic E-state index is -0.183. The van der Waals surface area contributed by atoms with Gasteiger partial charge in [-0.25, -0.2) is 4.79 Å². The molecule has 6 nitrogen and oxygen atoms in total. The normalized spacial score (nSPS) is 32.5. The largest absolute Gasteiger partial charge is 0.377 e. The van der Waals surface area contributed by atoms with E-state index in [2.05, 4.69) is 20.8 Å². The van der Waals surface area contributed by atoms with Crippen molar-refractivity contribution < 1.29 is 9.53 Å². The number of rotatable bonds is 2. The fourth-order valence-electron chi connectivity index (χ4n) is 4.57. The van der Waals surface area contributed by atoms with E-state index in [9.17, 15) is 4.79 Å². The molecule has 1 saturated heterocycles. The number of amides is 2. The van der Waals surface area contributed by atoms with Crippen LogP contribution >= 0.6 is 0 Å². The van der Waals surface area contributed by atoms with Gasteiger partial charge in [0.2, 0.25) is 0 Å². The average molecular weight is 288 g/mol. The van der Waals surface area contributed by atoms with Crippen LogP contribution in [0.1, 0.15) is 32.1 Å². The zero-order chi connectivity index (χ0) is 14.3. The Hall–Kier alpha value is -1.69. The highest BCUT2D eigenvalue weighted by atomic mass is 16.5. The molecule has 1 aliphatic heterocycles. The van der Waals surface area contributed by atoms with Crippen molar-refractivity contribution in [2.24, 2.45) is 11.3 Å². The Labute approximate surface area is 123 Å². The first-order valence-electron chi connectivity index (χ1n) is 7.76. The molecule has 21 heavy (non-hydrogen) atoms. The van der Waals surface area contributed by atoms with Gasteiger partial charge >= 0.3 is 6.03 Å². The predicted octanol–water partition coefficient (Wildman–Crippen LogP) is 1.95. The predicted molar refractivity (Wildman–Crippen MR) is 76.7 cm³/mol. The molecule has 2 heterocycles. The lowest BCUT2D eigenvalue weighted by molar-refractivity contribution is -0.125. The van der Waals surface area contributed by atoms with Gasteiger partial charge in [-0.05, 0) is 31.4 Å². The highest BCUT2D eigenvalue weighted by Gasteiger charge is 2.65. The molecule has 1 spiro atoms. The number of nitrogens with one attached hydrogen (secondary N) is 2. The SMILES string of the molecule is O=C(Nc1cccnn1)N[C@@H]1[C@@H]2CCO[C@H]2C12CCCC2. The maximum Gasteiger partial charge on any atom is 0.320 e. The van der Waals surface area contributed by atoms with E-state index < -0.39 is 0 Å². The minimum absolute atomic E-state index is 0.181. The number of hydrogen-bond donors (Lipinski definition) is 2. The van der Waals surface area contributed by atoms with E-state index in [0.29, 0.717) is 17.8 Å². The summed E-state index contributed by atoms with van der Waals surface area (Å²) in [6, 6.07) is 3.55. The summed E-state index contributed by atoms with van der Waals surface area (Å²) in [5, 5.41) is 13.6. The van der Waals surface area contributed by atoms with Crippen molar-refractivity contribution >= 4 is 11.8 Å². The summed E-state index contributed by atoms with van der Waals surface area (Å²) in [4.78, 5) is 12.2. The van der Waals surface area contributed by atoms with Gasteiger partial charge in [0.25, 0.3) is 0 Å². The van der Waals surface area contributed by atoms with Crippen molar-refractivity contribution in [3.8, 4) is 0 Å². The molecular weight excluding hydrogens is 268 g/mol. The molecular formula is C15H20N4O2. The number of fused-ring (bicyclic) bond motifs is 2. The number of urea groups is 1. The summed E-state index contributed by atoms with van der Waals surface area (Å²) >= 11 is 0. The molecule has 1 aromatic rings. The molecule has 1 aromatic heterocycles. The number of nitrogens with zero attached hydrogens (tertiary/aromatic N) is 2. The Bertz CT molecular complexity index is 530. The van der Waals surface area contributed by atoms with Crippen LogP contribution in [0.3, 0.4) is 0 Å². The van der Waals surface area contributed by atoms with Gasteiger partial charge in [0.1, 0.15) is 0 Å². The molecule has 6 heteroatoms. The molecule has 2 amide bonds. The summed E-state index contributed by atoms with van der Waals surface area (Å²) < 4.78 is 5.93. The van der Waals surface area contributed by atoms with E-state index in [0.717, 1.165) is 13.0 Å². The quantitative estimate of drug-likeness (QED) is 0.872. The highest BCUT2D eigenvalue weighted by molar-refractivity contribution is 5.88. The first kappa shape index (κ1) is 13.0. The van der Waals surface area contributed by atoms with Gasteiger partial charge in [-0.2, -0.15) is 5.10 Å². The molecule has 112 valence electrons. The van der Waals surface area contributed by atoms with E-state index in [1.54, 1.807) is 18.3 Å². The number of aromatic nitrogens is 2. The van der Waals surface area contributed by atoms with E-state index in [-0.39, 0.29) is 17.5 Å². The number of hydrogen-bond acceptors (Lipinski definition) is 4. The Morgan fingerprint density at radius 1 is 1.38 bits per heavy atom. The minimum Gasteiger partial charge on any atom is -0.377 e. The summed E-state index contributed by atoms with van der Waals surface area (Å²) in [6.07, 6.45) is 7.84. The van der Waals surface area contributed by atoms with Crippen LogP contribution in [0.2, 0.25) is 0 Å². The third kappa shape index (κ3) is 2.00. The molecule has 3 aliphatic rings. The van der Waals surface area contributed by atoms with Crippen LogP contribution in [-0.2, 0) is 4.74 Å². The average Bonchev–Trinajstić information content (AvgIpc) is 3.14. The first-order valence-corrected chi connectivity index (χ1v) is 7.76. The Balaban J connectivity index is 1.45. The molecule has 4 rings (SSSR count). The van der Waals surface area contributed by atoms with Crippen molar-refractivity contribution in [1.82, 2.24) is 15.5 Å². The molecule has 2 aliphatic carbocycles. The standard InChI is InChI=1S/C15H20N4O2/c20-14(17-11-4-3-8-16-19-11)18-12-10-5-9-21-13(10)15(12)6-1-2-7-15/h3-4,8,10,12-13H,1-2,5-7,9H2,(H2,17,18,19,20)/t10-,12+,13+/m0/s1. The lowest BCUT2D eigenvalue weighted by Crippen LogP contribution is -2.68. The molecule has 3 fully saturated rings. The van der Waals surface area contributed by atoms with Crippen molar-refractivity contribution in [1.29, 1.82) is 0 Å². The lowest BCUT2D eigenvalue weighted by Gasteiger charge is -2.56. The van der Waals surface area contributed by atoms with Crippen LogP contribution < -0.4 is 10.6 Å². The molecule has 0 aromatic carbocycles. The summed E-state index contributed by atoms with van der Waals surface area (Å²) in [6.45, 7) is 0.834. The maximum atomic E-state index is 12.2. The van der Waals surface area contributed by atoms with E-state index >= 15 is 0 Å². The summed E-state index contributed by atoms with van der Waals surface area (Å²) in [5.74, 6) is 0.963. The molecule has 2 saturated carbocycles. The third-order valence-electron chi connectivity index (χ3n) is 5.39. The molecule has 0 unspecified atom stereocenters. The second-order valence-electron chi connectivity index (χ2n) is 6.37. The van der Waals surface area contributed by atoms with Gasteiger partial charge < -0.3 is 10.1 Å². The molecule has 3 atom stereocenters. The Kier molecular flexibility index (Phi) is 3.06. The van der Waals surface area contributed by atoms with Crippen LogP contribution in [0.4, 0.5) is 10.6 Å². The van der Waals surface area contributed by atoms with Gasteiger partial charge in [0.05, 0.1) is 6.10 Å². The number of carbonyl (C=O) groups excluding carboxylic acids is 1. The molecule has 0 bridgehead atoms. The van der Waals surface area contributed by atoms with Crippen LogP contribution in [0.25, 0.3) is 0 Å². The molecule has 2 N–H and O–H groups in total. The van der Waals surface area contributed by atoms with Crippen molar-refractivity contribution in [3.05, 3.63) is 18.3 Å². The van der Waals surface area contributed by atoms with Gasteiger partial charge in [0, 0.05) is 30.2 Å². The Morgan fingerprint density at radius 2 is 2.24 bits per heavy atom. The smallest absolute Gasteiger partial charge is 0.320 e. The third-order valence-corrected chi connectivity index (χ3v) is 5.39. The second-order valence-corrected chi connectivity index (χ2v) is 6.37. The van der Waals surface area contributed by atoms with Crippen LogP contribution in [-0.4, -0.2) is 35.0 Å². The van der Waals surface area contributed by atoms with Crippen LogP contribution in [0.15, 0.2) is 18.3 Å². The van der Waals surface area contributed by atoms with Crippen LogP contribution in [0, 0.1) is 11.3 Å². The summed E-state index contributed by atoms with van der Waals surface area (Å²) in [7, 11) is 0. The zero-order valence-corrected chi connectivity index (χ0v) is 11.9. The topological polar surface area (TPSA) is 76.1 Å². The van der Waals surface area contributed by atoms with Crippen molar-refractivity contribution in [2.75, 3.05) is 11.9 Å². The zero-order valence-electron chi connectivity index (χ0n) is 11.9. The molecule has 0 radical (unpaired) electrons. The van der Waals surface area contributed by atoms with Gasteiger partial charge in [0.15, 0.2) is 5.82 Å². The van der Waals surface area contributed by atoms with Crippen molar-refractivity contribution in [3.63, 3.8) is 0 Å². The number of anilines is 1. The van der Waals surface area contributed by atoms with E-state index in [1.807, 2.05) is 0 Å². The Morgan fingerprint density at radius 3 is 3.00 bits per heavy atom. The second kappa shape index (κ2) is 4.94.